The lowest BCUT2D eigenvalue weighted by Gasteiger charge is -2.30. The Hall–Kier alpha value is -0.300. The van der Waals surface area contributed by atoms with Crippen molar-refractivity contribution in [3.05, 3.63) is 11.1 Å². The molecule has 0 heterocycles. The molecule has 0 saturated heterocycles. The van der Waals surface area contributed by atoms with E-state index in [1.165, 1.54) is 25.7 Å². The van der Waals surface area contributed by atoms with Crippen LogP contribution in [0.2, 0.25) is 0 Å². The van der Waals surface area contributed by atoms with Crippen LogP contribution < -0.4 is 0 Å². The molecule has 0 bridgehead atoms. The highest BCUT2D eigenvalue weighted by molar-refractivity contribution is 5.26. The van der Waals surface area contributed by atoms with Crippen molar-refractivity contribution in [2.45, 2.75) is 65.4 Å². The first kappa shape index (κ1) is 12.2. The molecule has 1 N–H and O–H groups in total. The predicted molar refractivity (Wildman–Crippen MR) is 68.2 cm³/mol. The molecule has 2 rings (SSSR count). The summed E-state index contributed by atoms with van der Waals surface area (Å²) in [6.45, 7) is 8.70. The minimum Gasteiger partial charge on any atom is -0.390 e. The van der Waals surface area contributed by atoms with Crippen molar-refractivity contribution in [3.8, 4) is 0 Å². The molecule has 0 fully saturated rings. The SMILES string of the molecule is C[C@@H]1CC[C@H](C(C)(C)O)CC2=C1CC[C@H]2C. The van der Waals surface area contributed by atoms with Crippen molar-refractivity contribution in [2.75, 3.05) is 0 Å². The minimum atomic E-state index is -0.509. The Morgan fingerprint density at radius 2 is 1.62 bits per heavy atom. The van der Waals surface area contributed by atoms with Gasteiger partial charge in [-0.05, 0) is 63.7 Å². The van der Waals surface area contributed by atoms with Gasteiger partial charge in [-0.2, -0.15) is 0 Å². The average Bonchev–Trinajstić information content (AvgIpc) is 2.42. The molecule has 2 aliphatic rings. The van der Waals surface area contributed by atoms with E-state index in [-0.39, 0.29) is 0 Å². The zero-order valence-corrected chi connectivity index (χ0v) is 11.2. The molecule has 0 aliphatic heterocycles. The maximum absolute atomic E-state index is 10.2. The molecule has 0 radical (unpaired) electrons. The van der Waals surface area contributed by atoms with Crippen LogP contribution in [-0.2, 0) is 0 Å². The van der Waals surface area contributed by atoms with Gasteiger partial charge in [-0.1, -0.05) is 25.0 Å². The number of allylic oxidation sites excluding steroid dienone is 2. The van der Waals surface area contributed by atoms with Crippen LogP contribution in [0.1, 0.15) is 59.8 Å². The van der Waals surface area contributed by atoms with E-state index in [1.54, 1.807) is 11.1 Å². The summed E-state index contributed by atoms with van der Waals surface area (Å²) in [7, 11) is 0. The maximum atomic E-state index is 10.2. The first-order chi connectivity index (χ1) is 7.39. The Labute approximate surface area is 99.9 Å². The smallest absolute Gasteiger partial charge is 0.0622 e. The number of aliphatic hydroxyl groups is 1. The van der Waals surface area contributed by atoms with Crippen LogP contribution in [0.25, 0.3) is 0 Å². The zero-order valence-electron chi connectivity index (χ0n) is 11.2. The Morgan fingerprint density at radius 3 is 2.25 bits per heavy atom. The van der Waals surface area contributed by atoms with E-state index in [9.17, 15) is 5.11 Å². The van der Waals surface area contributed by atoms with Crippen molar-refractivity contribution in [2.24, 2.45) is 17.8 Å². The van der Waals surface area contributed by atoms with Gasteiger partial charge in [0.15, 0.2) is 0 Å². The molecular weight excluding hydrogens is 196 g/mol. The van der Waals surface area contributed by atoms with Crippen molar-refractivity contribution in [3.63, 3.8) is 0 Å². The summed E-state index contributed by atoms with van der Waals surface area (Å²) in [5, 5.41) is 10.2. The van der Waals surface area contributed by atoms with Gasteiger partial charge in [0.25, 0.3) is 0 Å². The Bertz CT molecular complexity index is 295. The van der Waals surface area contributed by atoms with Gasteiger partial charge in [0, 0.05) is 0 Å². The molecule has 0 saturated carbocycles. The molecule has 92 valence electrons. The second kappa shape index (κ2) is 4.18. The summed E-state index contributed by atoms with van der Waals surface area (Å²) in [5.74, 6) is 1.98. The van der Waals surface area contributed by atoms with Crippen LogP contribution in [0.4, 0.5) is 0 Å². The topological polar surface area (TPSA) is 20.2 Å². The molecule has 0 spiro atoms. The lowest BCUT2D eigenvalue weighted by Crippen LogP contribution is -2.31. The van der Waals surface area contributed by atoms with Crippen molar-refractivity contribution < 1.29 is 5.11 Å². The van der Waals surface area contributed by atoms with Crippen LogP contribution in [0.3, 0.4) is 0 Å². The van der Waals surface area contributed by atoms with Crippen molar-refractivity contribution >= 4 is 0 Å². The molecule has 3 atom stereocenters. The summed E-state index contributed by atoms with van der Waals surface area (Å²) in [6, 6.07) is 0. The molecule has 1 nitrogen and oxygen atoms in total. The average molecular weight is 222 g/mol. The van der Waals surface area contributed by atoms with Gasteiger partial charge < -0.3 is 5.11 Å². The van der Waals surface area contributed by atoms with Crippen LogP contribution in [-0.4, -0.2) is 10.7 Å². The van der Waals surface area contributed by atoms with Crippen LogP contribution in [0.5, 0.6) is 0 Å². The van der Waals surface area contributed by atoms with Gasteiger partial charge in [0.05, 0.1) is 5.60 Å². The fourth-order valence-corrected chi connectivity index (χ4v) is 3.51. The van der Waals surface area contributed by atoms with E-state index in [0.717, 1.165) is 18.3 Å². The third-order valence-electron chi connectivity index (χ3n) is 4.86. The van der Waals surface area contributed by atoms with E-state index in [4.69, 9.17) is 0 Å². The quantitative estimate of drug-likeness (QED) is 0.667. The highest BCUT2D eigenvalue weighted by Crippen LogP contribution is 2.45. The lowest BCUT2D eigenvalue weighted by atomic mass is 9.81. The van der Waals surface area contributed by atoms with Crippen molar-refractivity contribution in [1.82, 2.24) is 0 Å². The molecule has 0 aromatic rings. The molecule has 2 aliphatic carbocycles. The van der Waals surface area contributed by atoms with E-state index < -0.39 is 5.60 Å². The Kier molecular flexibility index (Phi) is 3.18. The van der Waals surface area contributed by atoms with E-state index in [2.05, 4.69) is 13.8 Å². The summed E-state index contributed by atoms with van der Waals surface area (Å²) < 4.78 is 0. The van der Waals surface area contributed by atoms with Crippen LogP contribution in [0, 0.1) is 17.8 Å². The fourth-order valence-electron chi connectivity index (χ4n) is 3.51. The van der Waals surface area contributed by atoms with Crippen LogP contribution in [0.15, 0.2) is 11.1 Å². The monoisotopic (exact) mass is 222 g/mol. The van der Waals surface area contributed by atoms with E-state index >= 15 is 0 Å². The molecule has 1 heteroatoms. The van der Waals surface area contributed by atoms with Gasteiger partial charge >= 0.3 is 0 Å². The molecule has 0 aromatic carbocycles. The summed E-state index contributed by atoms with van der Waals surface area (Å²) >= 11 is 0. The summed E-state index contributed by atoms with van der Waals surface area (Å²) in [4.78, 5) is 0. The number of hydrogen-bond donors (Lipinski definition) is 1. The summed E-state index contributed by atoms with van der Waals surface area (Å²) in [5.41, 5.74) is 2.92. The summed E-state index contributed by atoms with van der Waals surface area (Å²) in [6.07, 6.45) is 6.25. The van der Waals surface area contributed by atoms with Gasteiger partial charge in [-0.15, -0.1) is 0 Å². The number of hydrogen-bond acceptors (Lipinski definition) is 1. The second-order valence-electron chi connectivity index (χ2n) is 6.52. The molecular formula is C15H26O. The molecule has 0 aromatic heterocycles. The highest BCUT2D eigenvalue weighted by Gasteiger charge is 2.35. The standard InChI is InChI=1S/C15H26O/c1-10-5-7-12(15(3,4)16)9-14-11(2)6-8-13(10)14/h10-12,16H,5-9H2,1-4H3/t10-,11-,12+/m1/s1. The van der Waals surface area contributed by atoms with E-state index in [1.807, 2.05) is 13.8 Å². The highest BCUT2D eigenvalue weighted by atomic mass is 16.3. The molecule has 16 heavy (non-hydrogen) atoms. The van der Waals surface area contributed by atoms with Gasteiger partial charge in [-0.25, -0.2) is 0 Å². The fraction of sp³-hybridized carbons (Fsp3) is 0.867. The maximum Gasteiger partial charge on any atom is 0.0622 e. The van der Waals surface area contributed by atoms with E-state index in [0.29, 0.717) is 5.92 Å². The first-order valence-corrected chi connectivity index (χ1v) is 6.83. The predicted octanol–water partition coefficient (Wildman–Crippen LogP) is 3.92. The second-order valence-corrected chi connectivity index (χ2v) is 6.52. The molecule has 0 unspecified atom stereocenters. The normalized spacial score (nSPS) is 36.2. The zero-order chi connectivity index (χ0) is 11.9. The van der Waals surface area contributed by atoms with Crippen LogP contribution >= 0.6 is 0 Å². The third-order valence-corrected chi connectivity index (χ3v) is 4.86. The lowest BCUT2D eigenvalue weighted by molar-refractivity contribution is 0.0119. The number of rotatable bonds is 1. The van der Waals surface area contributed by atoms with Gasteiger partial charge in [0.2, 0.25) is 0 Å². The first-order valence-electron chi connectivity index (χ1n) is 6.83. The largest absolute Gasteiger partial charge is 0.390 e. The molecule has 0 amide bonds. The minimum absolute atomic E-state index is 0.461. The Balaban J connectivity index is 2.23. The Morgan fingerprint density at radius 1 is 1.00 bits per heavy atom. The van der Waals surface area contributed by atoms with Crippen molar-refractivity contribution in [1.29, 1.82) is 0 Å². The van der Waals surface area contributed by atoms with Gasteiger partial charge in [-0.3, -0.25) is 0 Å². The van der Waals surface area contributed by atoms with Gasteiger partial charge in [0.1, 0.15) is 0 Å². The third kappa shape index (κ3) is 2.20.